The van der Waals surface area contributed by atoms with Crippen LogP contribution >= 0.6 is 0 Å². The van der Waals surface area contributed by atoms with Crippen molar-refractivity contribution in [3.05, 3.63) is 0 Å². The average molecular weight is 175 g/mol. The Balaban J connectivity index is 3.72. The van der Waals surface area contributed by atoms with Crippen molar-refractivity contribution >= 4 is 5.97 Å². The lowest BCUT2D eigenvalue weighted by molar-refractivity contribution is -0.150. The number of hydrogen-bond donors (Lipinski definition) is 2. The molecule has 0 aliphatic heterocycles. The first kappa shape index (κ1) is 11.4. The first-order chi connectivity index (χ1) is 5.37. The standard InChI is InChI=1S/C8H17NO3/c1-8(2,9)5-4-6(10)7(11)12-3/h6,10H,4-5,9H2,1-3H3. The van der Waals surface area contributed by atoms with Gasteiger partial charge in [-0.05, 0) is 26.7 Å². The molecule has 0 aromatic heterocycles. The number of carbonyl (C=O) groups excluding carboxylic acids is 1. The fourth-order valence-electron chi connectivity index (χ4n) is 0.763. The van der Waals surface area contributed by atoms with Crippen LogP contribution in [0.3, 0.4) is 0 Å². The number of nitrogens with two attached hydrogens (primary N) is 1. The third-order valence-corrected chi connectivity index (χ3v) is 1.54. The summed E-state index contributed by atoms with van der Waals surface area (Å²) in [4.78, 5) is 10.7. The zero-order valence-corrected chi connectivity index (χ0v) is 7.83. The molecule has 4 heteroatoms. The Kier molecular flexibility index (Phi) is 4.20. The van der Waals surface area contributed by atoms with Gasteiger partial charge in [0.25, 0.3) is 0 Å². The van der Waals surface area contributed by atoms with Crippen LogP contribution in [0.4, 0.5) is 0 Å². The van der Waals surface area contributed by atoms with Crippen molar-refractivity contribution in [3.8, 4) is 0 Å². The van der Waals surface area contributed by atoms with Crippen molar-refractivity contribution in [2.75, 3.05) is 7.11 Å². The van der Waals surface area contributed by atoms with Crippen molar-refractivity contribution in [1.82, 2.24) is 0 Å². The molecule has 0 aromatic carbocycles. The molecule has 0 saturated heterocycles. The quantitative estimate of drug-likeness (QED) is 0.592. The molecule has 0 spiro atoms. The predicted molar refractivity (Wildman–Crippen MR) is 45.5 cm³/mol. The van der Waals surface area contributed by atoms with Crippen LogP contribution in [0.5, 0.6) is 0 Å². The number of aliphatic hydroxyl groups excluding tert-OH is 1. The summed E-state index contributed by atoms with van der Waals surface area (Å²) >= 11 is 0. The van der Waals surface area contributed by atoms with Crippen LogP contribution in [0.25, 0.3) is 0 Å². The molecule has 1 unspecified atom stereocenters. The van der Waals surface area contributed by atoms with Crippen molar-refractivity contribution in [2.24, 2.45) is 5.73 Å². The molecule has 0 fully saturated rings. The van der Waals surface area contributed by atoms with Gasteiger partial charge in [-0.1, -0.05) is 0 Å². The summed E-state index contributed by atoms with van der Waals surface area (Å²) in [6, 6.07) is 0. The Hall–Kier alpha value is -0.610. The highest BCUT2D eigenvalue weighted by Gasteiger charge is 2.19. The lowest BCUT2D eigenvalue weighted by Gasteiger charge is -2.19. The summed E-state index contributed by atoms with van der Waals surface area (Å²) in [6.07, 6.45) is -0.114. The molecule has 0 aromatic rings. The molecule has 1 atom stereocenters. The number of aliphatic hydroxyl groups is 1. The molecule has 0 amide bonds. The van der Waals surface area contributed by atoms with E-state index in [1.165, 1.54) is 7.11 Å². The van der Waals surface area contributed by atoms with Gasteiger partial charge in [0.15, 0.2) is 6.10 Å². The Morgan fingerprint density at radius 2 is 2.17 bits per heavy atom. The van der Waals surface area contributed by atoms with Crippen LogP contribution in [-0.4, -0.2) is 29.8 Å². The van der Waals surface area contributed by atoms with Gasteiger partial charge < -0.3 is 15.6 Å². The van der Waals surface area contributed by atoms with E-state index < -0.39 is 12.1 Å². The second-order valence-electron chi connectivity index (χ2n) is 3.57. The van der Waals surface area contributed by atoms with E-state index in [1.54, 1.807) is 0 Å². The van der Waals surface area contributed by atoms with E-state index >= 15 is 0 Å². The van der Waals surface area contributed by atoms with Crippen LogP contribution in [0.2, 0.25) is 0 Å². The van der Waals surface area contributed by atoms with Gasteiger partial charge in [-0.25, -0.2) is 4.79 Å². The topological polar surface area (TPSA) is 72.5 Å². The van der Waals surface area contributed by atoms with Gasteiger partial charge in [0.05, 0.1) is 7.11 Å². The van der Waals surface area contributed by atoms with E-state index in [-0.39, 0.29) is 5.54 Å². The monoisotopic (exact) mass is 175 g/mol. The zero-order chi connectivity index (χ0) is 9.78. The molecule has 0 rings (SSSR count). The maximum atomic E-state index is 10.7. The summed E-state index contributed by atoms with van der Waals surface area (Å²) in [6.45, 7) is 3.69. The Labute approximate surface area is 72.7 Å². The van der Waals surface area contributed by atoms with Gasteiger partial charge in [-0.15, -0.1) is 0 Å². The van der Waals surface area contributed by atoms with Crippen molar-refractivity contribution in [3.63, 3.8) is 0 Å². The molecule has 0 saturated carbocycles. The highest BCUT2D eigenvalue weighted by molar-refractivity contribution is 5.74. The van der Waals surface area contributed by atoms with E-state index in [2.05, 4.69) is 4.74 Å². The fraction of sp³-hybridized carbons (Fsp3) is 0.875. The second-order valence-corrected chi connectivity index (χ2v) is 3.57. The number of ether oxygens (including phenoxy) is 1. The third kappa shape index (κ3) is 5.09. The summed E-state index contributed by atoms with van der Waals surface area (Å²) in [5.74, 6) is -0.598. The van der Waals surface area contributed by atoms with Gasteiger partial charge in [0, 0.05) is 5.54 Å². The lowest BCUT2D eigenvalue weighted by atomic mass is 9.98. The molecule has 0 bridgehead atoms. The molecule has 3 N–H and O–H groups in total. The second kappa shape index (κ2) is 4.42. The summed E-state index contributed by atoms with van der Waals surface area (Å²) < 4.78 is 4.35. The van der Waals surface area contributed by atoms with Crippen LogP contribution < -0.4 is 5.73 Å². The summed E-state index contributed by atoms with van der Waals surface area (Å²) in [5, 5.41) is 9.15. The van der Waals surface area contributed by atoms with Gasteiger partial charge in [-0.2, -0.15) is 0 Å². The smallest absolute Gasteiger partial charge is 0.334 e. The van der Waals surface area contributed by atoms with Crippen LogP contribution in [0.15, 0.2) is 0 Å². The highest BCUT2D eigenvalue weighted by atomic mass is 16.5. The summed E-state index contributed by atoms with van der Waals surface area (Å²) in [7, 11) is 1.25. The normalized spacial score (nSPS) is 14.1. The highest BCUT2D eigenvalue weighted by Crippen LogP contribution is 2.09. The molecule has 0 radical (unpaired) electrons. The number of methoxy groups -OCH3 is 1. The van der Waals surface area contributed by atoms with Gasteiger partial charge >= 0.3 is 5.97 Å². The molecule has 0 aliphatic rings. The average Bonchev–Trinajstić information content (AvgIpc) is 1.97. The minimum absolute atomic E-state index is 0.343. The van der Waals surface area contributed by atoms with Gasteiger partial charge in [-0.3, -0.25) is 0 Å². The van der Waals surface area contributed by atoms with Crippen molar-refractivity contribution < 1.29 is 14.6 Å². The van der Waals surface area contributed by atoms with Crippen molar-refractivity contribution in [2.45, 2.75) is 38.3 Å². The Morgan fingerprint density at radius 3 is 2.50 bits per heavy atom. The predicted octanol–water partition coefficient (Wildman–Crippen LogP) is 0.0378. The molecular formula is C8H17NO3. The Bertz CT molecular complexity index is 151. The molecular weight excluding hydrogens is 158 g/mol. The third-order valence-electron chi connectivity index (χ3n) is 1.54. The maximum absolute atomic E-state index is 10.7. The largest absolute Gasteiger partial charge is 0.467 e. The minimum atomic E-state index is -1.04. The van der Waals surface area contributed by atoms with E-state index in [0.29, 0.717) is 12.8 Å². The van der Waals surface area contributed by atoms with Crippen LogP contribution in [0, 0.1) is 0 Å². The van der Waals surface area contributed by atoms with E-state index in [4.69, 9.17) is 10.8 Å². The number of esters is 1. The van der Waals surface area contributed by atoms with Gasteiger partial charge in [0.1, 0.15) is 0 Å². The van der Waals surface area contributed by atoms with E-state index in [1.807, 2.05) is 13.8 Å². The molecule has 0 heterocycles. The number of hydrogen-bond acceptors (Lipinski definition) is 4. The molecule has 0 aliphatic carbocycles. The van der Waals surface area contributed by atoms with E-state index in [9.17, 15) is 4.79 Å². The number of rotatable bonds is 4. The van der Waals surface area contributed by atoms with E-state index in [0.717, 1.165) is 0 Å². The molecule has 12 heavy (non-hydrogen) atoms. The maximum Gasteiger partial charge on any atom is 0.334 e. The van der Waals surface area contributed by atoms with Crippen molar-refractivity contribution in [1.29, 1.82) is 0 Å². The molecule has 4 nitrogen and oxygen atoms in total. The zero-order valence-electron chi connectivity index (χ0n) is 7.83. The molecule has 72 valence electrons. The minimum Gasteiger partial charge on any atom is -0.467 e. The van der Waals surface area contributed by atoms with Gasteiger partial charge in [0.2, 0.25) is 0 Å². The van der Waals surface area contributed by atoms with Crippen LogP contribution in [0.1, 0.15) is 26.7 Å². The SMILES string of the molecule is COC(=O)C(O)CCC(C)(C)N. The van der Waals surface area contributed by atoms with Crippen LogP contribution in [-0.2, 0) is 9.53 Å². The fourth-order valence-corrected chi connectivity index (χ4v) is 0.763. The number of carbonyl (C=O) groups is 1. The first-order valence-corrected chi connectivity index (χ1v) is 3.91. The first-order valence-electron chi connectivity index (χ1n) is 3.91. The Morgan fingerprint density at radius 1 is 1.67 bits per heavy atom. The summed E-state index contributed by atoms with van der Waals surface area (Å²) in [5.41, 5.74) is 5.31. The lowest BCUT2D eigenvalue weighted by Crippen LogP contribution is -2.34.